The molecule has 0 spiro atoms. The number of carbonyl (C=O) groups is 1. The highest BCUT2D eigenvalue weighted by Gasteiger charge is 2.16. The van der Waals surface area contributed by atoms with Gasteiger partial charge in [0.2, 0.25) is 0 Å². The first kappa shape index (κ1) is 7.74. The van der Waals surface area contributed by atoms with Crippen molar-refractivity contribution >= 4 is 17.4 Å². The highest BCUT2D eigenvalue weighted by molar-refractivity contribution is 6.29. The van der Waals surface area contributed by atoms with Crippen molar-refractivity contribution in [1.82, 2.24) is 4.98 Å². The number of hydrogen-bond acceptors (Lipinski definition) is 2. The number of aromatic nitrogens is 1. The molecule has 0 saturated heterocycles. The monoisotopic (exact) mass is 181 g/mol. The number of rotatable bonds is 0. The van der Waals surface area contributed by atoms with Crippen LogP contribution < -0.4 is 0 Å². The van der Waals surface area contributed by atoms with Crippen LogP contribution in [-0.2, 0) is 17.6 Å². The average molecular weight is 182 g/mol. The predicted octanol–water partition coefficient (Wildman–Crippen LogP) is 1.79. The molecule has 1 heterocycles. The maximum absolute atomic E-state index is 11.0. The molecule has 0 aliphatic heterocycles. The summed E-state index contributed by atoms with van der Waals surface area (Å²) in [5.41, 5.74) is 2.03. The van der Waals surface area contributed by atoms with Gasteiger partial charge in [0.15, 0.2) is 0 Å². The van der Waals surface area contributed by atoms with Gasteiger partial charge >= 0.3 is 0 Å². The lowest BCUT2D eigenvalue weighted by Crippen LogP contribution is -2.14. The zero-order valence-corrected chi connectivity index (χ0v) is 7.27. The fraction of sp³-hybridized carbons (Fsp3) is 0.333. The Morgan fingerprint density at radius 2 is 2.17 bits per heavy atom. The molecule has 12 heavy (non-hydrogen) atoms. The van der Waals surface area contributed by atoms with Gasteiger partial charge in [0.1, 0.15) is 10.9 Å². The van der Waals surface area contributed by atoms with Crippen LogP contribution in [0, 0.1) is 0 Å². The van der Waals surface area contributed by atoms with Crippen molar-refractivity contribution in [2.45, 2.75) is 19.3 Å². The summed E-state index contributed by atoms with van der Waals surface area (Å²) >= 11 is 5.72. The minimum atomic E-state index is 0.298. The van der Waals surface area contributed by atoms with Crippen LogP contribution in [-0.4, -0.2) is 10.8 Å². The van der Waals surface area contributed by atoms with Crippen LogP contribution >= 0.6 is 11.6 Å². The molecule has 62 valence electrons. The van der Waals surface area contributed by atoms with Crippen molar-refractivity contribution in [3.8, 4) is 0 Å². The molecule has 0 N–H and O–H groups in total. The first-order valence-electron chi connectivity index (χ1n) is 3.92. The predicted molar refractivity (Wildman–Crippen MR) is 46.3 cm³/mol. The van der Waals surface area contributed by atoms with Crippen LogP contribution in [0.4, 0.5) is 0 Å². The normalized spacial score (nSPS) is 15.9. The molecule has 1 aliphatic rings. The van der Waals surface area contributed by atoms with E-state index in [0.717, 1.165) is 17.7 Å². The number of pyridine rings is 1. The Morgan fingerprint density at radius 1 is 1.33 bits per heavy atom. The molecule has 1 aliphatic carbocycles. The van der Waals surface area contributed by atoms with Crippen LogP contribution in [0.1, 0.15) is 17.7 Å². The van der Waals surface area contributed by atoms with Crippen LogP contribution in [0.25, 0.3) is 0 Å². The van der Waals surface area contributed by atoms with E-state index in [0.29, 0.717) is 23.8 Å². The summed E-state index contributed by atoms with van der Waals surface area (Å²) in [6.45, 7) is 0. The van der Waals surface area contributed by atoms with Crippen molar-refractivity contribution in [3.05, 3.63) is 28.5 Å². The first-order valence-corrected chi connectivity index (χ1v) is 4.29. The number of aryl methyl sites for hydroxylation is 1. The molecule has 0 unspecified atom stereocenters. The highest BCUT2D eigenvalue weighted by atomic mass is 35.5. The Balaban J connectivity index is 2.43. The minimum Gasteiger partial charge on any atom is -0.299 e. The SMILES string of the molecule is O=C1CCc2nc(Cl)ccc2C1. The second-order valence-corrected chi connectivity index (χ2v) is 3.34. The molecule has 0 saturated carbocycles. The summed E-state index contributed by atoms with van der Waals surface area (Å²) < 4.78 is 0. The van der Waals surface area contributed by atoms with E-state index in [1.54, 1.807) is 6.07 Å². The molecule has 1 aromatic heterocycles. The van der Waals surface area contributed by atoms with Crippen LogP contribution in [0.2, 0.25) is 5.15 Å². The molecule has 0 fully saturated rings. The lowest BCUT2D eigenvalue weighted by atomic mass is 9.95. The number of hydrogen-bond donors (Lipinski definition) is 0. The zero-order valence-electron chi connectivity index (χ0n) is 6.51. The third-order valence-electron chi connectivity index (χ3n) is 2.06. The third-order valence-corrected chi connectivity index (χ3v) is 2.27. The van der Waals surface area contributed by atoms with Crippen molar-refractivity contribution in [2.75, 3.05) is 0 Å². The van der Waals surface area contributed by atoms with Gasteiger partial charge in [-0.25, -0.2) is 4.98 Å². The van der Waals surface area contributed by atoms with E-state index < -0.39 is 0 Å². The maximum Gasteiger partial charge on any atom is 0.137 e. The highest BCUT2D eigenvalue weighted by Crippen LogP contribution is 2.18. The molecule has 0 bridgehead atoms. The summed E-state index contributed by atoms with van der Waals surface area (Å²) in [5, 5.41) is 0.517. The van der Waals surface area contributed by atoms with Gasteiger partial charge in [-0.2, -0.15) is 0 Å². The lowest BCUT2D eigenvalue weighted by molar-refractivity contribution is -0.118. The van der Waals surface area contributed by atoms with Gasteiger partial charge in [-0.3, -0.25) is 4.79 Å². The Morgan fingerprint density at radius 3 is 3.00 bits per heavy atom. The second kappa shape index (κ2) is 2.87. The third kappa shape index (κ3) is 1.34. The molecule has 0 aromatic carbocycles. The summed E-state index contributed by atoms with van der Waals surface area (Å²) in [6.07, 6.45) is 1.88. The number of fused-ring (bicyclic) bond motifs is 1. The van der Waals surface area contributed by atoms with Gasteiger partial charge in [-0.05, 0) is 18.1 Å². The van der Waals surface area contributed by atoms with Gasteiger partial charge in [0.25, 0.3) is 0 Å². The van der Waals surface area contributed by atoms with E-state index in [4.69, 9.17) is 11.6 Å². The topological polar surface area (TPSA) is 30.0 Å². The van der Waals surface area contributed by atoms with E-state index in [-0.39, 0.29) is 0 Å². The van der Waals surface area contributed by atoms with E-state index in [9.17, 15) is 4.79 Å². The molecule has 1 aromatic rings. The van der Waals surface area contributed by atoms with Crippen molar-refractivity contribution in [1.29, 1.82) is 0 Å². The van der Waals surface area contributed by atoms with Gasteiger partial charge in [-0.1, -0.05) is 17.7 Å². The van der Waals surface area contributed by atoms with Crippen molar-refractivity contribution in [2.24, 2.45) is 0 Å². The standard InChI is InChI=1S/C9H8ClNO/c10-9-4-1-6-5-7(12)2-3-8(6)11-9/h1,4H,2-3,5H2. The summed E-state index contributed by atoms with van der Waals surface area (Å²) in [4.78, 5) is 15.2. The van der Waals surface area contributed by atoms with E-state index in [1.165, 1.54) is 0 Å². The smallest absolute Gasteiger partial charge is 0.137 e. The number of nitrogens with zero attached hydrogens (tertiary/aromatic N) is 1. The van der Waals surface area contributed by atoms with Crippen molar-refractivity contribution < 1.29 is 4.79 Å². The van der Waals surface area contributed by atoms with Crippen molar-refractivity contribution in [3.63, 3.8) is 0 Å². The average Bonchev–Trinajstić information content (AvgIpc) is 2.05. The largest absolute Gasteiger partial charge is 0.299 e. The zero-order chi connectivity index (χ0) is 8.55. The number of carbonyl (C=O) groups excluding carboxylic acids is 1. The molecular weight excluding hydrogens is 174 g/mol. The molecule has 3 heteroatoms. The fourth-order valence-electron chi connectivity index (χ4n) is 1.44. The Kier molecular flexibility index (Phi) is 1.85. The molecular formula is C9H8ClNO. The number of Topliss-reactive ketones (excluding diaryl/α,β-unsaturated/α-hetero) is 1. The summed E-state index contributed by atoms with van der Waals surface area (Å²) in [7, 11) is 0. The molecule has 2 rings (SSSR count). The second-order valence-electron chi connectivity index (χ2n) is 2.96. The Bertz CT molecular complexity index is 335. The molecule has 2 nitrogen and oxygen atoms in total. The molecule has 0 radical (unpaired) electrons. The summed E-state index contributed by atoms with van der Waals surface area (Å²) in [6, 6.07) is 3.63. The van der Waals surface area contributed by atoms with Gasteiger partial charge in [-0.15, -0.1) is 0 Å². The van der Waals surface area contributed by atoms with Crippen LogP contribution in [0.15, 0.2) is 12.1 Å². The number of ketones is 1. The lowest BCUT2D eigenvalue weighted by Gasteiger charge is -2.12. The van der Waals surface area contributed by atoms with Crippen LogP contribution in [0.3, 0.4) is 0 Å². The molecule has 0 atom stereocenters. The molecule has 0 amide bonds. The fourth-order valence-corrected chi connectivity index (χ4v) is 1.60. The Labute approximate surface area is 75.6 Å². The van der Waals surface area contributed by atoms with E-state index in [1.807, 2.05) is 6.07 Å². The van der Waals surface area contributed by atoms with Gasteiger partial charge in [0.05, 0.1) is 0 Å². The number of halogens is 1. The van der Waals surface area contributed by atoms with Gasteiger partial charge < -0.3 is 0 Å². The van der Waals surface area contributed by atoms with Crippen LogP contribution in [0.5, 0.6) is 0 Å². The van der Waals surface area contributed by atoms with E-state index in [2.05, 4.69) is 4.98 Å². The van der Waals surface area contributed by atoms with Gasteiger partial charge in [0, 0.05) is 18.5 Å². The summed E-state index contributed by atoms with van der Waals surface area (Å²) in [5.74, 6) is 0.298. The minimum absolute atomic E-state index is 0.298. The Hall–Kier alpha value is -0.890. The quantitative estimate of drug-likeness (QED) is 0.572. The maximum atomic E-state index is 11.0. The van der Waals surface area contributed by atoms with E-state index >= 15 is 0 Å². The first-order chi connectivity index (χ1) is 5.75.